The van der Waals surface area contributed by atoms with Crippen molar-refractivity contribution < 1.29 is 14.7 Å². The van der Waals surface area contributed by atoms with Crippen LogP contribution in [0.15, 0.2) is 22.7 Å². The van der Waals surface area contributed by atoms with Crippen molar-refractivity contribution in [1.82, 2.24) is 4.90 Å². The molecule has 6 heteroatoms. The van der Waals surface area contributed by atoms with Crippen LogP contribution < -0.4 is 0 Å². The highest BCUT2D eigenvalue weighted by molar-refractivity contribution is 9.10. The van der Waals surface area contributed by atoms with E-state index in [0.717, 1.165) is 22.9 Å². The molecule has 2 aliphatic rings. The van der Waals surface area contributed by atoms with Gasteiger partial charge < -0.3 is 10.0 Å². The summed E-state index contributed by atoms with van der Waals surface area (Å²) in [5.74, 6) is -0.125. The number of aryl methyl sites for hydroxylation is 1. The molecule has 1 saturated heterocycles. The third-order valence-electron chi connectivity index (χ3n) is 4.00. The van der Waals surface area contributed by atoms with Crippen LogP contribution in [0.2, 0.25) is 0 Å². The van der Waals surface area contributed by atoms with Gasteiger partial charge in [0.15, 0.2) is 0 Å². The molecule has 0 radical (unpaired) electrons. The van der Waals surface area contributed by atoms with Crippen molar-refractivity contribution in [2.75, 3.05) is 5.75 Å². The van der Waals surface area contributed by atoms with Crippen molar-refractivity contribution in [3.8, 4) is 0 Å². The number of benzene rings is 1. The van der Waals surface area contributed by atoms with Crippen LogP contribution >= 0.6 is 27.7 Å². The lowest BCUT2D eigenvalue weighted by molar-refractivity contribution is -0.141. The van der Waals surface area contributed by atoms with Crippen LogP contribution in [0.25, 0.3) is 0 Å². The molecule has 2 atom stereocenters. The van der Waals surface area contributed by atoms with Crippen LogP contribution in [0.5, 0.6) is 0 Å². The van der Waals surface area contributed by atoms with Crippen molar-refractivity contribution >= 4 is 39.6 Å². The SMILES string of the molecule is Cc1cc(Br)ccc1C(=O)N1C(C(=O)O)CSC1C1CC1. The van der Waals surface area contributed by atoms with Gasteiger partial charge in [-0.05, 0) is 49.4 Å². The van der Waals surface area contributed by atoms with Crippen molar-refractivity contribution in [3.63, 3.8) is 0 Å². The van der Waals surface area contributed by atoms with Gasteiger partial charge in [-0.2, -0.15) is 0 Å². The summed E-state index contributed by atoms with van der Waals surface area (Å²) in [6.45, 7) is 1.88. The summed E-state index contributed by atoms with van der Waals surface area (Å²) in [4.78, 5) is 25.9. The topological polar surface area (TPSA) is 57.6 Å². The normalized spacial score (nSPS) is 25.1. The van der Waals surface area contributed by atoms with E-state index in [-0.39, 0.29) is 11.3 Å². The van der Waals surface area contributed by atoms with Crippen LogP contribution in [-0.4, -0.2) is 39.1 Å². The number of aliphatic carboxylic acids is 1. The fourth-order valence-corrected chi connectivity index (χ4v) is 4.83. The van der Waals surface area contributed by atoms with Gasteiger partial charge in [0.1, 0.15) is 6.04 Å². The summed E-state index contributed by atoms with van der Waals surface area (Å²) in [6.07, 6.45) is 2.18. The molecule has 2 fully saturated rings. The highest BCUT2D eigenvalue weighted by Gasteiger charge is 2.48. The Morgan fingerprint density at radius 3 is 2.67 bits per heavy atom. The third kappa shape index (κ3) is 2.83. The monoisotopic (exact) mass is 369 g/mol. The van der Waals surface area contributed by atoms with E-state index < -0.39 is 12.0 Å². The van der Waals surface area contributed by atoms with Crippen molar-refractivity contribution in [1.29, 1.82) is 0 Å². The number of hydrogen-bond acceptors (Lipinski definition) is 3. The van der Waals surface area contributed by atoms with E-state index in [4.69, 9.17) is 0 Å². The van der Waals surface area contributed by atoms with Gasteiger partial charge >= 0.3 is 5.97 Å². The maximum absolute atomic E-state index is 12.9. The fourth-order valence-electron chi connectivity index (χ4n) is 2.73. The Morgan fingerprint density at radius 1 is 1.38 bits per heavy atom. The van der Waals surface area contributed by atoms with E-state index in [0.29, 0.717) is 17.2 Å². The molecule has 1 aromatic carbocycles. The second-order valence-electron chi connectivity index (χ2n) is 5.59. The second-order valence-corrected chi connectivity index (χ2v) is 7.65. The quantitative estimate of drug-likeness (QED) is 0.888. The molecule has 1 heterocycles. The molecule has 0 aromatic heterocycles. The molecule has 4 nitrogen and oxygen atoms in total. The summed E-state index contributed by atoms with van der Waals surface area (Å²) in [5, 5.41) is 9.41. The standard InChI is InChI=1S/C15H16BrNO3S/c1-8-6-10(16)4-5-11(8)13(18)17-12(15(19)20)7-21-14(17)9-2-3-9/h4-6,9,12,14H,2-3,7H2,1H3,(H,19,20). The molecule has 1 N–H and O–H groups in total. The van der Waals surface area contributed by atoms with Crippen LogP contribution in [0.4, 0.5) is 0 Å². The first-order valence-corrected chi connectivity index (χ1v) is 8.76. The van der Waals surface area contributed by atoms with Gasteiger partial charge in [-0.15, -0.1) is 11.8 Å². The predicted octanol–water partition coefficient (Wildman–Crippen LogP) is 3.14. The number of carbonyl (C=O) groups excluding carboxylic acids is 1. The maximum atomic E-state index is 12.9. The number of carbonyl (C=O) groups is 2. The zero-order chi connectivity index (χ0) is 15.1. The molecule has 1 aliphatic carbocycles. The Bertz CT molecular complexity index is 603. The molecule has 1 saturated carbocycles. The lowest BCUT2D eigenvalue weighted by Gasteiger charge is -2.28. The number of hydrogen-bond donors (Lipinski definition) is 1. The molecular weight excluding hydrogens is 354 g/mol. The van der Waals surface area contributed by atoms with E-state index in [1.807, 2.05) is 19.1 Å². The summed E-state index contributed by atoms with van der Waals surface area (Å²) in [7, 11) is 0. The Hall–Kier alpha value is -1.01. The van der Waals surface area contributed by atoms with Gasteiger partial charge in [-0.3, -0.25) is 4.79 Å². The van der Waals surface area contributed by atoms with Crippen LogP contribution in [0.1, 0.15) is 28.8 Å². The van der Waals surface area contributed by atoms with Gasteiger partial charge in [0, 0.05) is 15.8 Å². The molecule has 21 heavy (non-hydrogen) atoms. The first kappa shape index (κ1) is 14.9. The third-order valence-corrected chi connectivity index (χ3v) is 5.95. The predicted molar refractivity (Wildman–Crippen MR) is 85.4 cm³/mol. The summed E-state index contributed by atoms with van der Waals surface area (Å²) >= 11 is 4.99. The fraction of sp³-hybridized carbons (Fsp3) is 0.467. The smallest absolute Gasteiger partial charge is 0.327 e. The Balaban J connectivity index is 1.93. The van der Waals surface area contributed by atoms with Gasteiger partial charge in [0.2, 0.25) is 0 Å². The average molecular weight is 370 g/mol. The van der Waals surface area contributed by atoms with E-state index in [2.05, 4.69) is 15.9 Å². The molecular formula is C15H16BrNO3S. The highest BCUT2D eigenvalue weighted by Crippen LogP contribution is 2.46. The molecule has 2 unspecified atom stereocenters. The molecule has 1 amide bonds. The minimum Gasteiger partial charge on any atom is -0.480 e. The first-order chi connectivity index (χ1) is 9.99. The lowest BCUT2D eigenvalue weighted by Crippen LogP contribution is -2.46. The number of carboxylic acids is 1. The van der Waals surface area contributed by atoms with E-state index in [1.165, 1.54) is 0 Å². The van der Waals surface area contributed by atoms with Crippen molar-refractivity contribution in [2.45, 2.75) is 31.2 Å². The summed E-state index contributed by atoms with van der Waals surface area (Å²) in [6, 6.07) is 4.77. The van der Waals surface area contributed by atoms with E-state index >= 15 is 0 Å². The van der Waals surface area contributed by atoms with Crippen molar-refractivity contribution in [3.05, 3.63) is 33.8 Å². The molecule has 0 bridgehead atoms. The van der Waals surface area contributed by atoms with Gasteiger partial charge in [-0.1, -0.05) is 15.9 Å². The molecule has 112 valence electrons. The van der Waals surface area contributed by atoms with Gasteiger partial charge in [0.05, 0.1) is 5.37 Å². The number of nitrogens with zero attached hydrogens (tertiary/aromatic N) is 1. The molecule has 3 rings (SSSR count). The zero-order valence-corrected chi connectivity index (χ0v) is 14.0. The first-order valence-electron chi connectivity index (χ1n) is 6.92. The molecule has 1 aromatic rings. The number of halogens is 1. The van der Waals surface area contributed by atoms with Crippen LogP contribution in [0, 0.1) is 12.8 Å². The molecule has 1 aliphatic heterocycles. The minimum atomic E-state index is -0.909. The number of amides is 1. The zero-order valence-electron chi connectivity index (χ0n) is 11.6. The Morgan fingerprint density at radius 2 is 2.10 bits per heavy atom. The van der Waals surface area contributed by atoms with Gasteiger partial charge in [0.25, 0.3) is 5.91 Å². The summed E-state index contributed by atoms with van der Waals surface area (Å²) < 4.78 is 0.917. The maximum Gasteiger partial charge on any atom is 0.327 e. The lowest BCUT2D eigenvalue weighted by atomic mass is 10.1. The minimum absolute atomic E-state index is 0.0154. The number of rotatable bonds is 3. The summed E-state index contributed by atoms with van der Waals surface area (Å²) in [5.41, 5.74) is 1.46. The Kier molecular flexibility index (Phi) is 4.01. The number of carboxylic acid groups (broad SMARTS) is 1. The van der Waals surface area contributed by atoms with E-state index in [9.17, 15) is 14.7 Å². The van der Waals surface area contributed by atoms with Crippen LogP contribution in [0.3, 0.4) is 0 Å². The highest BCUT2D eigenvalue weighted by atomic mass is 79.9. The van der Waals surface area contributed by atoms with Crippen molar-refractivity contribution in [2.24, 2.45) is 5.92 Å². The number of thioether (sulfide) groups is 1. The second kappa shape index (κ2) is 5.65. The largest absolute Gasteiger partial charge is 0.480 e. The van der Waals surface area contributed by atoms with E-state index in [1.54, 1.807) is 22.7 Å². The van der Waals surface area contributed by atoms with Crippen LogP contribution in [-0.2, 0) is 4.79 Å². The average Bonchev–Trinajstić information content (AvgIpc) is 3.16. The van der Waals surface area contributed by atoms with Gasteiger partial charge in [-0.25, -0.2) is 4.79 Å². The molecule has 0 spiro atoms. The Labute approximate surface area is 136 Å².